The lowest BCUT2D eigenvalue weighted by Gasteiger charge is -2.10. The number of methoxy groups -OCH3 is 1. The molecule has 0 radical (unpaired) electrons. The van der Waals surface area contributed by atoms with Crippen molar-refractivity contribution in [2.24, 2.45) is 0 Å². The Kier molecular flexibility index (Phi) is 4.44. The van der Waals surface area contributed by atoms with Crippen molar-refractivity contribution >= 4 is 54.8 Å². The Labute approximate surface area is 157 Å². The molecule has 6 heteroatoms. The van der Waals surface area contributed by atoms with Crippen molar-refractivity contribution in [1.82, 2.24) is 0 Å². The molecule has 0 aliphatic carbocycles. The van der Waals surface area contributed by atoms with Crippen LogP contribution in [-0.4, -0.2) is 19.0 Å². The SMILES string of the molecule is COC(=O)c1ccc2sccc2c1COC(=O)c1cc2ccccc2s1. The minimum absolute atomic E-state index is 0.0194. The molecule has 0 N–H and O–H groups in total. The number of esters is 2. The van der Waals surface area contributed by atoms with Gasteiger partial charge in [-0.25, -0.2) is 9.59 Å². The number of benzene rings is 2. The minimum Gasteiger partial charge on any atom is -0.465 e. The first-order valence-electron chi connectivity index (χ1n) is 7.90. The lowest BCUT2D eigenvalue weighted by molar-refractivity contribution is 0.0468. The van der Waals surface area contributed by atoms with Crippen LogP contribution >= 0.6 is 22.7 Å². The highest BCUT2D eigenvalue weighted by atomic mass is 32.1. The van der Waals surface area contributed by atoms with E-state index in [1.165, 1.54) is 18.4 Å². The minimum atomic E-state index is -0.439. The van der Waals surface area contributed by atoms with Crippen LogP contribution in [0.5, 0.6) is 0 Å². The second kappa shape index (κ2) is 6.90. The fourth-order valence-corrected chi connectivity index (χ4v) is 4.62. The highest BCUT2D eigenvalue weighted by Crippen LogP contribution is 2.30. The van der Waals surface area contributed by atoms with Gasteiger partial charge in [-0.05, 0) is 46.5 Å². The standard InChI is InChI=1S/C20H14O4S2/c1-23-19(21)14-6-7-17-13(8-9-25-17)15(14)11-24-20(22)18-10-12-4-2-3-5-16(12)26-18/h2-10H,11H2,1H3. The van der Waals surface area contributed by atoms with Crippen molar-refractivity contribution in [3.63, 3.8) is 0 Å². The van der Waals surface area contributed by atoms with Gasteiger partial charge >= 0.3 is 11.9 Å². The predicted molar refractivity (Wildman–Crippen MR) is 104 cm³/mol. The Bertz CT molecular complexity index is 1090. The highest BCUT2D eigenvalue weighted by Gasteiger charge is 2.18. The number of fused-ring (bicyclic) bond motifs is 2. The molecule has 0 aliphatic rings. The number of hydrogen-bond donors (Lipinski definition) is 0. The third kappa shape index (κ3) is 2.98. The molecule has 2 aromatic carbocycles. The van der Waals surface area contributed by atoms with Crippen molar-refractivity contribution in [2.75, 3.05) is 7.11 Å². The van der Waals surface area contributed by atoms with Gasteiger partial charge in [-0.15, -0.1) is 22.7 Å². The number of hydrogen-bond acceptors (Lipinski definition) is 6. The third-order valence-electron chi connectivity index (χ3n) is 4.13. The zero-order chi connectivity index (χ0) is 18.1. The fourth-order valence-electron chi connectivity index (χ4n) is 2.85. The smallest absolute Gasteiger partial charge is 0.348 e. The molecule has 0 bridgehead atoms. The summed E-state index contributed by atoms with van der Waals surface area (Å²) < 4.78 is 12.5. The van der Waals surface area contributed by atoms with E-state index in [0.29, 0.717) is 16.0 Å². The van der Waals surface area contributed by atoms with Gasteiger partial charge in [0.25, 0.3) is 0 Å². The summed E-state index contributed by atoms with van der Waals surface area (Å²) in [7, 11) is 1.34. The van der Waals surface area contributed by atoms with E-state index in [1.54, 1.807) is 17.4 Å². The van der Waals surface area contributed by atoms with E-state index in [1.807, 2.05) is 47.8 Å². The zero-order valence-corrected chi connectivity index (χ0v) is 15.5. The topological polar surface area (TPSA) is 52.6 Å². The Balaban J connectivity index is 1.63. The maximum Gasteiger partial charge on any atom is 0.348 e. The molecule has 130 valence electrons. The van der Waals surface area contributed by atoms with Crippen LogP contribution in [0.3, 0.4) is 0 Å². The number of carbonyl (C=O) groups is 2. The second-order valence-electron chi connectivity index (χ2n) is 5.64. The summed E-state index contributed by atoms with van der Waals surface area (Å²) in [5.74, 6) is -0.833. The maximum atomic E-state index is 12.5. The Morgan fingerprint density at radius 3 is 2.65 bits per heavy atom. The van der Waals surface area contributed by atoms with E-state index < -0.39 is 11.9 Å². The van der Waals surface area contributed by atoms with Gasteiger partial charge < -0.3 is 9.47 Å². The molecular formula is C20H14O4S2. The number of rotatable bonds is 4. The van der Waals surface area contributed by atoms with E-state index in [0.717, 1.165) is 20.2 Å². The summed E-state index contributed by atoms with van der Waals surface area (Å²) in [4.78, 5) is 25.1. The average Bonchev–Trinajstić information content (AvgIpc) is 3.31. The van der Waals surface area contributed by atoms with E-state index in [4.69, 9.17) is 9.47 Å². The molecular weight excluding hydrogens is 368 g/mol. The summed E-state index contributed by atoms with van der Waals surface area (Å²) in [6, 6.07) is 15.2. The van der Waals surface area contributed by atoms with Gasteiger partial charge in [-0.3, -0.25) is 0 Å². The van der Waals surface area contributed by atoms with Crippen LogP contribution in [0.1, 0.15) is 25.6 Å². The highest BCUT2D eigenvalue weighted by molar-refractivity contribution is 7.20. The lowest BCUT2D eigenvalue weighted by atomic mass is 10.0. The molecule has 0 saturated carbocycles. The van der Waals surface area contributed by atoms with Crippen molar-refractivity contribution in [2.45, 2.75) is 6.61 Å². The molecule has 4 nitrogen and oxygen atoms in total. The van der Waals surface area contributed by atoms with E-state index >= 15 is 0 Å². The maximum absolute atomic E-state index is 12.5. The van der Waals surface area contributed by atoms with Gasteiger partial charge in [-0.2, -0.15) is 0 Å². The van der Waals surface area contributed by atoms with Crippen LogP contribution < -0.4 is 0 Å². The molecule has 0 atom stereocenters. The van der Waals surface area contributed by atoms with Gasteiger partial charge in [-0.1, -0.05) is 18.2 Å². The van der Waals surface area contributed by atoms with Crippen molar-refractivity contribution in [3.8, 4) is 0 Å². The molecule has 4 rings (SSSR count). The first kappa shape index (κ1) is 16.8. The van der Waals surface area contributed by atoms with Crippen LogP contribution in [-0.2, 0) is 16.1 Å². The molecule has 0 amide bonds. The normalized spacial score (nSPS) is 11.0. The second-order valence-corrected chi connectivity index (χ2v) is 7.67. The number of thiophene rings is 2. The molecule has 0 aliphatic heterocycles. The summed E-state index contributed by atoms with van der Waals surface area (Å²) in [5.41, 5.74) is 1.09. The lowest BCUT2D eigenvalue weighted by Crippen LogP contribution is -2.09. The van der Waals surface area contributed by atoms with E-state index in [2.05, 4.69) is 0 Å². The molecule has 0 spiro atoms. The monoisotopic (exact) mass is 382 g/mol. The predicted octanol–water partition coefficient (Wildman–Crippen LogP) is 5.26. The molecule has 26 heavy (non-hydrogen) atoms. The first-order valence-corrected chi connectivity index (χ1v) is 9.60. The number of ether oxygens (including phenoxy) is 2. The molecule has 2 heterocycles. The Morgan fingerprint density at radius 2 is 1.85 bits per heavy atom. The Hall–Kier alpha value is -2.70. The number of carbonyl (C=O) groups excluding carboxylic acids is 2. The average molecular weight is 382 g/mol. The molecule has 0 fully saturated rings. The molecule has 0 unspecified atom stereocenters. The van der Waals surface area contributed by atoms with E-state index in [-0.39, 0.29) is 6.61 Å². The summed E-state index contributed by atoms with van der Waals surface area (Å²) in [6.45, 7) is 0.0194. The molecule has 2 aromatic heterocycles. The zero-order valence-electron chi connectivity index (χ0n) is 13.9. The third-order valence-corrected chi connectivity index (χ3v) is 6.10. The largest absolute Gasteiger partial charge is 0.465 e. The van der Waals surface area contributed by atoms with Crippen LogP contribution in [0.4, 0.5) is 0 Å². The summed E-state index contributed by atoms with van der Waals surface area (Å²) in [5, 5.41) is 3.87. The van der Waals surface area contributed by atoms with Gasteiger partial charge in [0.2, 0.25) is 0 Å². The molecule has 0 saturated heterocycles. The van der Waals surface area contributed by atoms with Gasteiger partial charge in [0, 0.05) is 15.0 Å². The van der Waals surface area contributed by atoms with Crippen molar-refractivity contribution in [3.05, 3.63) is 69.9 Å². The van der Waals surface area contributed by atoms with Crippen LogP contribution in [0.15, 0.2) is 53.9 Å². The van der Waals surface area contributed by atoms with Crippen LogP contribution in [0, 0.1) is 0 Å². The summed E-state index contributed by atoms with van der Waals surface area (Å²) >= 11 is 2.97. The van der Waals surface area contributed by atoms with E-state index in [9.17, 15) is 9.59 Å². The fraction of sp³-hybridized carbons (Fsp3) is 0.100. The van der Waals surface area contributed by atoms with Crippen LogP contribution in [0.2, 0.25) is 0 Å². The van der Waals surface area contributed by atoms with Gasteiger partial charge in [0.1, 0.15) is 11.5 Å². The van der Waals surface area contributed by atoms with Crippen molar-refractivity contribution in [1.29, 1.82) is 0 Å². The quantitative estimate of drug-likeness (QED) is 0.452. The summed E-state index contributed by atoms with van der Waals surface area (Å²) in [6.07, 6.45) is 0. The van der Waals surface area contributed by atoms with Gasteiger partial charge in [0.05, 0.1) is 12.7 Å². The van der Waals surface area contributed by atoms with Gasteiger partial charge in [0.15, 0.2) is 0 Å². The van der Waals surface area contributed by atoms with Crippen LogP contribution in [0.25, 0.3) is 20.2 Å². The Morgan fingerprint density at radius 1 is 1.00 bits per heavy atom. The molecule has 4 aromatic rings. The van der Waals surface area contributed by atoms with Crippen molar-refractivity contribution < 1.29 is 19.1 Å². The first-order chi connectivity index (χ1) is 12.7.